The largest absolute Gasteiger partial charge is 0.326 e. The summed E-state index contributed by atoms with van der Waals surface area (Å²) in [6.45, 7) is 1.87. The Morgan fingerprint density at radius 3 is 1.91 bits per heavy atom. The molecule has 0 fully saturated rings. The zero-order chi connectivity index (χ0) is 16.2. The van der Waals surface area contributed by atoms with Crippen LogP contribution in [-0.2, 0) is 29.7 Å². The molecule has 0 bridgehead atoms. The minimum Gasteiger partial charge on any atom is -0.326 e. The SMILES string of the molecule is COC(OC)(OS(=O)(=O)c1ccc(C)cc1)c1ccccc1. The van der Waals surface area contributed by atoms with E-state index in [9.17, 15) is 8.42 Å². The molecule has 0 atom stereocenters. The van der Waals surface area contributed by atoms with E-state index >= 15 is 0 Å². The van der Waals surface area contributed by atoms with Gasteiger partial charge in [-0.05, 0) is 19.1 Å². The van der Waals surface area contributed by atoms with E-state index in [1.807, 2.05) is 6.92 Å². The normalized spacial score (nSPS) is 12.3. The van der Waals surface area contributed by atoms with Crippen LogP contribution in [0.3, 0.4) is 0 Å². The van der Waals surface area contributed by atoms with Gasteiger partial charge >= 0.3 is 16.1 Å². The topological polar surface area (TPSA) is 61.8 Å². The standard InChI is InChI=1S/C16H18O5S/c1-13-9-11-15(12-10-13)22(17,18)21-16(19-2,20-3)14-7-5-4-6-8-14/h4-12H,1-3H3. The van der Waals surface area contributed by atoms with E-state index in [1.54, 1.807) is 42.5 Å². The molecule has 22 heavy (non-hydrogen) atoms. The Labute approximate surface area is 130 Å². The van der Waals surface area contributed by atoms with Crippen molar-refractivity contribution in [2.24, 2.45) is 0 Å². The fraction of sp³-hybridized carbons (Fsp3) is 0.250. The van der Waals surface area contributed by atoms with Gasteiger partial charge in [0.05, 0.1) is 4.90 Å². The predicted octanol–water partition coefficient (Wildman–Crippen LogP) is 2.80. The molecule has 5 nitrogen and oxygen atoms in total. The first-order valence-corrected chi connectivity index (χ1v) is 8.02. The maximum absolute atomic E-state index is 12.5. The number of aryl methyl sites for hydroxylation is 1. The molecule has 0 aliphatic heterocycles. The molecule has 2 aromatic carbocycles. The van der Waals surface area contributed by atoms with Crippen LogP contribution in [0.15, 0.2) is 59.5 Å². The van der Waals surface area contributed by atoms with E-state index in [0.29, 0.717) is 5.56 Å². The minimum atomic E-state index is -4.06. The van der Waals surface area contributed by atoms with Crippen molar-refractivity contribution in [2.75, 3.05) is 14.2 Å². The molecule has 118 valence electrons. The Balaban J connectivity index is 2.41. The molecule has 0 aliphatic rings. The van der Waals surface area contributed by atoms with Crippen LogP contribution in [0, 0.1) is 6.92 Å². The van der Waals surface area contributed by atoms with Crippen LogP contribution in [0.5, 0.6) is 0 Å². The van der Waals surface area contributed by atoms with Crippen molar-refractivity contribution >= 4 is 10.1 Å². The van der Waals surface area contributed by atoms with E-state index in [1.165, 1.54) is 26.4 Å². The van der Waals surface area contributed by atoms with Crippen LogP contribution in [0.25, 0.3) is 0 Å². The molecule has 0 amide bonds. The highest BCUT2D eigenvalue weighted by Gasteiger charge is 2.40. The average Bonchev–Trinajstić information content (AvgIpc) is 2.54. The second-order valence-corrected chi connectivity index (χ2v) is 6.23. The summed E-state index contributed by atoms with van der Waals surface area (Å²) in [7, 11) is -1.42. The Morgan fingerprint density at radius 1 is 0.864 bits per heavy atom. The highest BCUT2D eigenvalue weighted by atomic mass is 32.2. The van der Waals surface area contributed by atoms with Gasteiger partial charge < -0.3 is 9.47 Å². The lowest BCUT2D eigenvalue weighted by atomic mass is 10.2. The minimum absolute atomic E-state index is 0.0347. The van der Waals surface area contributed by atoms with Gasteiger partial charge in [-0.25, -0.2) is 4.18 Å². The molecule has 0 aliphatic carbocycles. The first-order chi connectivity index (χ1) is 10.4. The molecular formula is C16H18O5S. The number of hydrogen-bond acceptors (Lipinski definition) is 5. The summed E-state index contributed by atoms with van der Waals surface area (Å²) in [6, 6.07) is 15.0. The molecule has 6 heteroatoms. The highest BCUT2D eigenvalue weighted by Crippen LogP contribution is 2.31. The Bertz CT molecular complexity index is 704. The third-order valence-corrected chi connectivity index (χ3v) is 4.48. The summed E-state index contributed by atoms with van der Waals surface area (Å²) in [5, 5.41) is 0. The van der Waals surface area contributed by atoms with Gasteiger partial charge in [0.15, 0.2) is 0 Å². The quantitative estimate of drug-likeness (QED) is 0.604. The van der Waals surface area contributed by atoms with E-state index in [-0.39, 0.29) is 4.90 Å². The number of hydrogen-bond donors (Lipinski definition) is 0. The van der Waals surface area contributed by atoms with Crippen LogP contribution in [0.1, 0.15) is 11.1 Å². The lowest BCUT2D eigenvalue weighted by Gasteiger charge is -2.29. The van der Waals surface area contributed by atoms with Gasteiger partial charge in [-0.15, -0.1) is 0 Å². The van der Waals surface area contributed by atoms with Crippen molar-refractivity contribution in [3.63, 3.8) is 0 Å². The van der Waals surface area contributed by atoms with Crippen LogP contribution in [-0.4, -0.2) is 22.6 Å². The molecule has 0 heterocycles. The molecular weight excluding hydrogens is 304 g/mol. The lowest BCUT2D eigenvalue weighted by Crippen LogP contribution is -2.36. The molecule has 0 saturated carbocycles. The monoisotopic (exact) mass is 322 g/mol. The first kappa shape index (κ1) is 16.6. The maximum Gasteiger partial charge on any atom is 0.326 e. The molecule has 0 radical (unpaired) electrons. The molecule has 0 spiro atoms. The Morgan fingerprint density at radius 2 is 1.41 bits per heavy atom. The average molecular weight is 322 g/mol. The third kappa shape index (κ3) is 3.36. The summed E-state index contributed by atoms with van der Waals surface area (Å²) in [5.41, 5.74) is 1.39. The van der Waals surface area contributed by atoms with Crippen molar-refractivity contribution < 1.29 is 22.1 Å². The summed E-state index contributed by atoms with van der Waals surface area (Å²) >= 11 is 0. The zero-order valence-electron chi connectivity index (χ0n) is 12.6. The first-order valence-electron chi connectivity index (χ1n) is 6.62. The maximum atomic E-state index is 12.5. The lowest BCUT2D eigenvalue weighted by molar-refractivity contribution is -0.332. The summed E-state index contributed by atoms with van der Waals surface area (Å²) in [6.07, 6.45) is 0. The summed E-state index contributed by atoms with van der Waals surface area (Å²) < 4.78 is 40.7. The number of benzene rings is 2. The number of methoxy groups -OCH3 is 2. The van der Waals surface area contributed by atoms with Crippen molar-refractivity contribution in [1.29, 1.82) is 0 Å². The molecule has 2 rings (SSSR count). The van der Waals surface area contributed by atoms with Gasteiger partial charge in [0.2, 0.25) is 0 Å². The molecule has 0 N–H and O–H groups in total. The van der Waals surface area contributed by atoms with Crippen molar-refractivity contribution in [2.45, 2.75) is 17.8 Å². The smallest absolute Gasteiger partial charge is 0.326 e. The Kier molecular flexibility index (Phi) is 4.97. The van der Waals surface area contributed by atoms with Crippen molar-refractivity contribution in [3.8, 4) is 0 Å². The van der Waals surface area contributed by atoms with Crippen molar-refractivity contribution in [3.05, 3.63) is 65.7 Å². The fourth-order valence-corrected chi connectivity index (χ4v) is 3.06. The van der Waals surface area contributed by atoms with Crippen LogP contribution in [0.4, 0.5) is 0 Å². The second kappa shape index (κ2) is 6.58. The number of rotatable bonds is 6. The van der Waals surface area contributed by atoms with E-state index in [0.717, 1.165) is 5.56 Å². The molecule has 0 saturated heterocycles. The Hall–Kier alpha value is -1.73. The van der Waals surface area contributed by atoms with Gasteiger partial charge in [-0.2, -0.15) is 8.42 Å². The van der Waals surface area contributed by atoms with E-state index < -0.39 is 16.1 Å². The predicted molar refractivity (Wildman–Crippen MR) is 81.6 cm³/mol. The summed E-state index contributed by atoms with van der Waals surface area (Å²) in [4.78, 5) is 0.0347. The molecule has 0 unspecified atom stereocenters. The van der Waals surface area contributed by atoms with Crippen LogP contribution >= 0.6 is 0 Å². The second-order valence-electron chi connectivity index (χ2n) is 4.68. The van der Waals surface area contributed by atoms with E-state index in [2.05, 4.69) is 0 Å². The zero-order valence-corrected chi connectivity index (χ0v) is 13.5. The summed E-state index contributed by atoms with van der Waals surface area (Å²) in [5.74, 6) is -1.83. The van der Waals surface area contributed by atoms with Crippen LogP contribution in [0.2, 0.25) is 0 Å². The third-order valence-electron chi connectivity index (χ3n) is 3.19. The highest BCUT2D eigenvalue weighted by molar-refractivity contribution is 7.86. The van der Waals surface area contributed by atoms with Gasteiger partial charge in [0, 0.05) is 19.8 Å². The molecule has 0 aromatic heterocycles. The van der Waals surface area contributed by atoms with Crippen molar-refractivity contribution in [1.82, 2.24) is 0 Å². The number of ether oxygens (including phenoxy) is 2. The van der Waals surface area contributed by atoms with Gasteiger partial charge in [0.25, 0.3) is 0 Å². The van der Waals surface area contributed by atoms with Gasteiger partial charge in [0.1, 0.15) is 0 Å². The van der Waals surface area contributed by atoms with Crippen LogP contribution < -0.4 is 0 Å². The van der Waals surface area contributed by atoms with Gasteiger partial charge in [-0.1, -0.05) is 48.0 Å². The van der Waals surface area contributed by atoms with E-state index in [4.69, 9.17) is 13.7 Å². The fourth-order valence-electron chi connectivity index (χ4n) is 1.97. The molecule has 2 aromatic rings. The van der Waals surface area contributed by atoms with Gasteiger partial charge in [-0.3, -0.25) is 0 Å².